The van der Waals surface area contributed by atoms with Crippen LogP contribution in [0.3, 0.4) is 0 Å². The van der Waals surface area contributed by atoms with Crippen molar-refractivity contribution in [1.29, 1.82) is 0 Å². The first-order valence-electron chi connectivity index (χ1n) is 5.61. The summed E-state index contributed by atoms with van der Waals surface area (Å²) in [7, 11) is 0. The molecule has 2 aromatic carbocycles. The van der Waals surface area contributed by atoms with Crippen molar-refractivity contribution in [2.75, 3.05) is 6.26 Å². The molecule has 0 fully saturated rings. The summed E-state index contributed by atoms with van der Waals surface area (Å²) in [4.78, 5) is 0.976. The van der Waals surface area contributed by atoms with Crippen LogP contribution in [0.1, 0.15) is 0 Å². The second-order valence-corrected chi connectivity index (χ2v) is 4.88. The van der Waals surface area contributed by atoms with Gasteiger partial charge in [0.1, 0.15) is 11.5 Å². The van der Waals surface area contributed by atoms with Crippen LogP contribution in [0.15, 0.2) is 47.4 Å². The van der Waals surface area contributed by atoms with Crippen molar-refractivity contribution in [3.63, 3.8) is 0 Å². The summed E-state index contributed by atoms with van der Waals surface area (Å²) in [5, 5.41) is 9.53. The van der Waals surface area contributed by atoms with Gasteiger partial charge in [-0.2, -0.15) is 0 Å². The number of halogens is 3. The van der Waals surface area contributed by atoms with Crippen LogP contribution in [0.25, 0.3) is 11.1 Å². The second-order valence-electron chi connectivity index (χ2n) is 4.00. The SMILES string of the molecule is CSc1cccc(-c2cc(O)cc(OC(F)(F)F)c2)c1. The fourth-order valence-corrected chi connectivity index (χ4v) is 2.20. The van der Waals surface area contributed by atoms with Gasteiger partial charge in [0.05, 0.1) is 0 Å². The van der Waals surface area contributed by atoms with Crippen molar-refractivity contribution in [2.45, 2.75) is 11.3 Å². The molecular formula is C14H11F3O2S. The number of thioether (sulfide) groups is 1. The maximum Gasteiger partial charge on any atom is 0.573 e. The Bertz CT molecular complexity index is 612. The standard InChI is InChI=1S/C14H11F3O2S/c1-20-13-4-2-3-9(7-13)10-5-11(18)8-12(6-10)19-14(15,16)17/h2-8,18H,1H3. The van der Waals surface area contributed by atoms with Crippen molar-refractivity contribution in [2.24, 2.45) is 0 Å². The molecule has 0 unspecified atom stereocenters. The minimum Gasteiger partial charge on any atom is -0.508 e. The molecule has 0 amide bonds. The van der Waals surface area contributed by atoms with Gasteiger partial charge in [-0.05, 0) is 41.6 Å². The summed E-state index contributed by atoms with van der Waals surface area (Å²) in [6, 6.07) is 10.8. The van der Waals surface area contributed by atoms with E-state index in [0.29, 0.717) is 11.1 Å². The number of aromatic hydroxyl groups is 1. The third-order valence-electron chi connectivity index (χ3n) is 2.53. The Labute approximate surface area is 118 Å². The predicted octanol–water partition coefficient (Wildman–Crippen LogP) is 4.68. The smallest absolute Gasteiger partial charge is 0.508 e. The van der Waals surface area contributed by atoms with Crippen molar-refractivity contribution in [3.05, 3.63) is 42.5 Å². The Morgan fingerprint density at radius 2 is 1.80 bits per heavy atom. The Morgan fingerprint density at radius 1 is 1.05 bits per heavy atom. The van der Waals surface area contributed by atoms with E-state index >= 15 is 0 Å². The Balaban J connectivity index is 2.41. The lowest BCUT2D eigenvalue weighted by Crippen LogP contribution is -2.17. The van der Waals surface area contributed by atoms with Gasteiger partial charge >= 0.3 is 6.36 Å². The molecule has 106 valence electrons. The van der Waals surface area contributed by atoms with E-state index in [9.17, 15) is 18.3 Å². The molecule has 0 aliphatic carbocycles. The van der Waals surface area contributed by atoms with Crippen molar-refractivity contribution >= 4 is 11.8 Å². The van der Waals surface area contributed by atoms with Gasteiger partial charge < -0.3 is 9.84 Å². The maximum atomic E-state index is 12.2. The van der Waals surface area contributed by atoms with E-state index in [0.717, 1.165) is 11.0 Å². The first-order valence-corrected chi connectivity index (χ1v) is 6.84. The number of alkyl halides is 3. The molecule has 0 aromatic heterocycles. The summed E-state index contributed by atoms with van der Waals surface area (Å²) < 4.78 is 40.5. The predicted molar refractivity (Wildman–Crippen MR) is 72.0 cm³/mol. The summed E-state index contributed by atoms with van der Waals surface area (Å²) in [5.41, 5.74) is 1.17. The summed E-state index contributed by atoms with van der Waals surface area (Å²) in [5.74, 6) is -0.724. The molecule has 0 spiro atoms. The minimum atomic E-state index is -4.79. The summed E-state index contributed by atoms with van der Waals surface area (Å²) in [6.45, 7) is 0. The third kappa shape index (κ3) is 3.84. The normalized spacial score (nSPS) is 11.4. The van der Waals surface area contributed by atoms with E-state index in [-0.39, 0.29) is 5.75 Å². The molecule has 2 rings (SSSR count). The van der Waals surface area contributed by atoms with Gasteiger partial charge in [-0.3, -0.25) is 0 Å². The lowest BCUT2D eigenvalue weighted by molar-refractivity contribution is -0.274. The molecular weight excluding hydrogens is 289 g/mol. The van der Waals surface area contributed by atoms with E-state index in [2.05, 4.69) is 4.74 Å². The molecule has 0 heterocycles. The number of ether oxygens (including phenoxy) is 1. The Morgan fingerprint density at radius 3 is 2.45 bits per heavy atom. The van der Waals surface area contributed by atoms with Gasteiger partial charge in [0.15, 0.2) is 0 Å². The molecule has 6 heteroatoms. The Hall–Kier alpha value is -1.82. The van der Waals surface area contributed by atoms with E-state index in [1.807, 2.05) is 18.4 Å². The van der Waals surface area contributed by atoms with Gasteiger partial charge in [-0.25, -0.2) is 0 Å². The van der Waals surface area contributed by atoms with Gasteiger partial charge in [0.2, 0.25) is 0 Å². The second kappa shape index (κ2) is 5.66. The molecule has 0 aliphatic heterocycles. The molecule has 0 radical (unpaired) electrons. The zero-order chi connectivity index (χ0) is 14.8. The summed E-state index contributed by atoms with van der Waals surface area (Å²) >= 11 is 1.52. The van der Waals surface area contributed by atoms with E-state index in [1.54, 1.807) is 12.1 Å². The molecule has 0 atom stereocenters. The van der Waals surface area contributed by atoms with E-state index in [1.165, 1.54) is 23.9 Å². The molecule has 0 bridgehead atoms. The average molecular weight is 300 g/mol. The first kappa shape index (κ1) is 14.6. The molecule has 2 nitrogen and oxygen atoms in total. The number of hydrogen-bond donors (Lipinski definition) is 1. The van der Waals surface area contributed by atoms with Crippen LogP contribution in [0, 0.1) is 0 Å². The minimum absolute atomic E-state index is 0.281. The monoisotopic (exact) mass is 300 g/mol. The van der Waals surface area contributed by atoms with Gasteiger partial charge in [0.25, 0.3) is 0 Å². The van der Waals surface area contributed by atoms with Crippen molar-refractivity contribution < 1.29 is 23.0 Å². The zero-order valence-corrected chi connectivity index (χ0v) is 11.3. The quantitative estimate of drug-likeness (QED) is 0.835. The van der Waals surface area contributed by atoms with Gasteiger partial charge in [-0.1, -0.05) is 12.1 Å². The molecule has 1 N–H and O–H groups in total. The highest BCUT2D eigenvalue weighted by Gasteiger charge is 2.31. The third-order valence-corrected chi connectivity index (χ3v) is 3.25. The molecule has 0 saturated heterocycles. The zero-order valence-electron chi connectivity index (χ0n) is 10.4. The van der Waals surface area contributed by atoms with E-state index < -0.39 is 12.1 Å². The largest absolute Gasteiger partial charge is 0.573 e. The molecule has 2 aromatic rings. The average Bonchev–Trinajstić information content (AvgIpc) is 2.36. The van der Waals surface area contributed by atoms with Crippen LogP contribution in [0.2, 0.25) is 0 Å². The highest BCUT2D eigenvalue weighted by molar-refractivity contribution is 7.98. The lowest BCUT2D eigenvalue weighted by atomic mass is 10.1. The maximum absolute atomic E-state index is 12.2. The van der Waals surface area contributed by atoms with Gasteiger partial charge in [0, 0.05) is 11.0 Å². The topological polar surface area (TPSA) is 29.5 Å². The number of phenolic OH excluding ortho intramolecular Hbond substituents is 1. The fraction of sp³-hybridized carbons (Fsp3) is 0.143. The lowest BCUT2D eigenvalue weighted by Gasteiger charge is -2.11. The molecule has 0 aliphatic rings. The van der Waals surface area contributed by atoms with Crippen LogP contribution < -0.4 is 4.74 Å². The van der Waals surface area contributed by atoms with Crippen LogP contribution in [-0.4, -0.2) is 17.7 Å². The van der Waals surface area contributed by atoms with Crippen molar-refractivity contribution in [3.8, 4) is 22.6 Å². The van der Waals surface area contributed by atoms with Crippen LogP contribution in [0.4, 0.5) is 13.2 Å². The van der Waals surface area contributed by atoms with Crippen LogP contribution in [-0.2, 0) is 0 Å². The first-order chi connectivity index (χ1) is 9.37. The number of rotatable bonds is 3. The van der Waals surface area contributed by atoms with Gasteiger partial charge in [-0.15, -0.1) is 24.9 Å². The number of hydrogen-bond acceptors (Lipinski definition) is 3. The van der Waals surface area contributed by atoms with Crippen LogP contribution in [0.5, 0.6) is 11.5 Å². The summed E-state index contributed by atoms with van der Waals surface area (Å²) in [6.07, 6.45) is -2.88. The number of phenols is 1. The van der Waals surface area contributed by atoms with E-state index in [4.69, 9.17) is 0 Å². The van der Waals surface area contributed by atoms with Crippen molar-refractivity contribution in [1.82, 2.24) is 0 Å². The number of benzene rings is 2. The fourth-order valence-electron chi connectivity index (χ4n) is 1.75. The molecule has 0 saturated carbocycles. The highest BCUT2D eigenvalue weighted by Crippen LogP contribution is 2.33. The Kier molecular flexibility index (Phi) is 4.13. The molecule has 20 heavy (non-hydrogen) atoms. The van der Waals surface area contributed by atoms with Crippen LogP contribution >= 0.6 is 11.8 Å². The highest BCUT2D eigenvalue weighted by atomic mass is 32.2.